The lowest BCUT2D eigenvalue weighted by Gasteiger charge is -2.10. The summed E-state index contributed by atoms with van der Waals surface area (Å²) in [6, 6.07) is 0. The molecule has 0 fully saturated rings. The Kier molecular flexibility index (Phi) is 10.8. The lowest BCUT2D eigenvalue weighted by Crippen LogP contribution is -1.99. The fourth-order valence-corrected chi connectivity index (χ4v) is 2.19. The van der Waals surface area contributed by atoms with Crippen molar-refractivity contribution in [2.24, 2.45) is 0 Å². The van der Waals surface area contributed by atoms with Gasteiger partial charge in [0.25, 0.3) is 0 Å². The molecule has 0 radical (unpaired) electrons. The smallest absolute Gasteiger partial charge is 0.302 e. The Hall–Kier alpha value is 0.400. The summed E-state index contributed by atoms with van der Waals surface area (Å²) in [5, 5.41) is 0. The predicted molar refractivity (Wildman–Crippen MR) is 65.8 cm³/mol. The van der Waals surface area contributed by atoms with Crippen molar-refractivity contribution in [3.63, 3.8) is 0 Å². The first-order chi connectivity index (χ1) is 7.62. The van der Waals surface area contributed by atoms with Crippen LogP contribution < -0.4 is 0 Å². The summed E-state index contributed by atoms with van der Waals surface area (Å²) in [4.78, 5) is 9.14. The lowest BCUT2D eigenvalue weighted by atomic mass is 10.1. The van der Waals surface area contributed by atoms with Gasteiger partial charge >= 0.3 is 7.82 Å². The van der Waals surface area contributed by atoms with E-state index in [9.17, 15) is 4.57 Å². The molecule has 1 atom stereocenters. The summed E-state index contributed by atoms with van der Waals surface area (Å²) in [6.07, 6.45) is 6.65. The molecule has 0 saturated heterocycles. The molecule has 1 unspecified atom stereocenters. The summed E-state index contributed by atoms with van der Waals surface area (Å²) < 4.78 is 20.5. The fraction of sp³-hybridized carbons (Fsp3) is 1.00. The number of rotatable bonds is 11. The quantitative estimate of drug-likeness (QED) is 0.354. The van der Waals surface area contributed by atoms with Gasteiger partial charge in [-0.25, -0.2) is 4.57 Å². The largest absolute Gasteiger partial charge is 0.472 e. The van der Waals surface area contributed by atoms with Crippen LogP contribution in [-0.4, -0.2) is 24.0 Å². The van der Waals surface area contributed by atoms with Crippen molar-refractivity contribution >= 4 is 19.4 Å². The highest BCUT2D eigenvalue weighted by molar-refractivity contribution is 7.47. The van der Waals surface area contributed by atoms with E-state index in [1.165, 1.54) is 19.3 Å². The third-order valence-corrected chi connectivity index (χ3v) is 3.26. The second-order valence-corrected chi connectivity index (χ2v) is 5.42. The van der Waals surface area contributed by atoms with Crippen molar-refractivity contribution in [1.82, 2.24) is 0 Å². The summed E-state index contributed by atoms with van der Waals surface area (Å²) in [7, 11) is -3.85. The first-order valence-electron chi connectivity index (χ1n) is 5.80. The molecule has 0 amide bonds. The van der Waals surface area contributed by atoms with Crippen LogP contribution in [0.3, 0.4) is 0 Å². The van der Waals surface area contributed by atoms with Crippen molar-refractivity contribution in [1.29, 1.82) is 0 Å². The molecule has 4 nitrogen and oxygen atoms in total. The van der Waals surface area contributed by atoms with Crippen molar-refractivity contribution in [3.05, 3.63) is 0 Å². The van der Waals surface area contributed by atoms with Gasteiger partial charge in [0.15, 0.2) is 0 Å². The first-order valence-corrected chi connectivity index (χ1v) is 7.83. The summed E-state index contributed by atoms with van der Waals surface area (Å²) >= 11 is 5.33. The molecule has 98 valence electrons. The third-order valence-electron chi connectivity index (χ3n) is 2.08. The van der Waals surface area contributed by atoms with Gasteiger partial charge in [-0.2, -0.15) is 0 Å². The Balaban J connectivity index is 3.32. The van der Waals surface area contributed by atoms with Crippen LogP contribution in [0.5, 0.6) is 0 Å². The minimum Gasteiger partial charge on any atom is -0.302 e. The molecule has 1 N–H and O–H groups in total. The number of alkyl halides is 1. The van der Waals surface area contributed by atoms with E-state index < -0.39 is 7.82 Å². The van der Waals surface area contributed by atoms with Crippen LogP contribution in [0.2, 0.25) is 0 Å². The van der Waals surface area contributed by atoms with E-state index in [0.29, 0.717) is 0 Å². The average Bonchev–Trinajstić information content (AvgIpc) is 2.25. The molecule has 0 bridgehead atoms. The number of hydrogen-bond donors (Lipinski definition) is 1. The number of unbranched alkanes of at least 4 members (excludes halogenated alkanes) is 5. The van der Waals surface area contributed by atoms with Gasteiger partial charge in [0.05, 0.1) is 13.2 Å². The highest BCUT2D eigenvalue weighted by atomic mass is 35.5. The highest BCUT2D eigenvalue weighted by Crippen LogP contribution is 2.43. The van der Waals surface area contributed by atoms with E-state index in [1.807, 2.05) is 0 Å². The van der Waals surface area contributed by atoms with Gasteiger partial charge in [-0.3, -0.25) is 9.05 Å². The molecule has 0 aliphatic carbocycles. The Morgan fingerprint density at radius 2 is 1.62 bits per heavy atom. The summed E-state index contributed by atoms with van der Waals surface area (Å²) in [6.45, 7) is 2.47. The fourth-order valence-electron chi connectivity index (χ4n) is 1.25. The second kappa shape index (κ2) is 10.5. The lowest BCUT2D eigenvalue weighted by molar-refractivity contribution is 0.153. The van der Waals surface area contributed by atoms with Crippen LogP contribution in [0.1, 0.15) is 45.4 Å². The van der Waals surface area contributed by atoms with Gasteiger partial charge in [-0.1, -0.05) is 39.0 Å². The van der Waals surface area contributed by atoms with Crippen molar-refractivity contribution < 1.29 is 18.5 Å². The second-order valence-electron chi connectivity index (χ2n) is 3.59. The van der Waals surface area contributed by atoms with Gasteiger partial charge < -0.3 is 4.89 Å². The summed E-state index contributed by atoms with van der Waals surface area (Å²) in [5.74, 6) is 0.185. The molecule has 0 aliphatic heterocycles. The van der Waals surface area contributed by atoms with Crippen LogP contribution >= 0.6 is 19.4 Å². The molecule has 0 aromatic rings. The molecular weight excluding hydrogens is 251 g/mol. The molecule has 6 heteroatoms. The van der Waals surface area contributed by atoms with Gasteiger partial charge in [0.1, 0.15) is 0 Å². The normalized spacial score (nSPS) is 14.9. The maximum atomic E-state index is 11.2. The molecule has 0 aliphatic rings. The number of halogens is 1. The van der Waals surface area contributed by atoms with Gasteiger partial charge in [0, 0.05) is 5.88 Å². The Labute approximate surface area is 103 Å². The zero-order chi connectivity index (χ0) is 12.3. The van der Waals surface area contributed by atoms with E-state index in [1.54, 1.807) is 0 Å². The monoisotopic (exact) mass is 272 g/mol. The van der Waals surface area contributed by atoms with E-state index >= 15 is 0 Å². The predicted octanol–water partition coefficient (Wildman–Crippen LogP) is 3.72. The molecule has 0 rings (SSSR count). The highest BCUT2D eigenvalue weighted by Gasteiger charge is 2.19. The third kappa shape index (κ3) is 10.9. The molecule has 0 spiro atoms. The average molecular weight is 273 g/mol. The Bertz CT molecular complexity index is 201. The zero-order valence-electron chi connectivity index (χ0n) is 9.86. The van der Waals surface area contributed by atoms with E-state index in [-0.39, 0.29) is 19.1 Å². The molecular formula is C10H22ClO4P. The van der Waals surface area contributed by atoms with E-state index in [0.717, 1.165) is 19.3 Å². The van der Waals surface area contributed by atoms with Crippen LogP contribution in [0.25, 0.3) is 0 Å². The SMILES string of the molecule is CCCCCCCCOP(=O)(O)OCCCl. The van der Waals surface area contributed by atoms with Gasteiger partial charge in [0.2, 0.25) is 0 Å². The zero-order valence-corrected chi connectivity index (χ0v) is 11.5. The summed E-state index contributed by atoms with van der Waals surface area (Å²) in [5.41, 5.74) is 0. The molecule has 0 aromatic heterocycles. The van der Waals surface area contributed by atoms with Crippen molar-refractivity contribution in [2.45, 2.75) is 45.4 Å². The first kappa shape index (κ1) is 16.4. The number of phosphoric ester groups is 1. The maximum Gasteiger partial charge on any atom is 0.472 e. The van der Waals surface area contributed by atoms with Crippen LogP contribution in [-0.2, 0) is 13.6 Å². The van der Waals surface area contributed by atoms with E-state index in [2.05, 4.69) is 11.4 Å². The van der Waals surface area contributed by atoms with Crippen LogP contribution in [0.4, 0.5) is 0 Å². The molecule has 16 heavy (non-hydrogen) atoms. The Morgan fingerprint density at radius 3 is 2.25 bits per heavy atom. The molecule has 0 aromatic carbocycles. The van der Waals surface area contributed by atoms with Crippen molar-refractivity contribution in [2.75, 3.05) is 19.1 Å². The topological polar surface area (TPSA) is 55.8 Å². The van der Waals surface area contributed by atoms with Gasteiger partial charge in [-0.05, 0) is 6.42 Å². The standard InChI is InChI=1S/C10H22ClO4P/c1-2-3-4-5-6-7-9-14-16(12,13)15-10-8-11/h2-10H2,1H3,(H,12,13). The van der Waals surface area contributed by atoms with Gasteiger partial charge in [-0.15, -0.1) is 11.6 Å². The molecule has 0 heterocycles. The minimum atomic E-state index is -3.85. The maximum absolute atomic E-state index is 11.2. The molecule has 0 saturated carbocycles. The minimum absolute atomic E-state index is 0.0336. The van der Waals surface area contributed by atoms with Crippen molar-refractivity contribution in [3.8, 4) is 0 Å². The number of hydrogen-bond acceptors (Lipinski definition) is 3. The van der Waals surface area contributed by atoms with Crippen LogP contribution in [0, 0.1) is 0 Å². The number of phosphoric acid groups is 1. The van der Waals surface area contributed by atoms with E-state index in [4.69, 9.17) is 21.0 Å². The Morgan fingerprint density at radius 1 is 1.06 bits per heavy atom. The van der Waals surface area contributed by atoms with Crippen LogP contribution in [0.15, 0.2) is 0 Å².